The lowest BCUT2D eigenvalue weighted by molar-refractivity contribution is -0.140. The van der Waals surface area contributed by atoms with Crippen molar-refractivity contribution in [2.75, 3.05) is 40.1 Å². The summed E-state index contributed by atoms with van der Waals surface area (Å²) >= 11 is 6.58. The molecule has 2 atom stereocenters. The minimum absolute atomic E-state index is 0.137. The summed E-state index contributed by atoms with van der Waals surface area (Å²) in [5.41, 5.74) is 2.32. The highest BCUT2D eigenvalue weighted by molar-refractivity contribution is 6.32. The summed E-state index contributed by atoms with van der Waals surface area (Å²) in [4.78, 5) is 27.6. The lowest BCUT2D eigenvalue weighted by atomic mass is 9.77. The molecular weight excluding hydrogens is 446 g/mol. The highest BCUT2D eigenvalue weighted by Gasteiger charge is 2.43. The number of rotatable bonds is 8. The molecule has 33 heavy (non-hydrogen) atoms. The molecule has 0 aliphatic carbocycles. The summed E-state index contributed by atoms with van der Waals surface area (Å²) in [5, 5.41) is 0.531. The fourth-order valence-corrected chi connectivity index (χ4v) is 5.34. The predicted octanol–water partition coefficient (Wildman–Crippen LogP) is 3.87. The number of carbonyl (C=O) groups excluding carboxylic acids is 2. The number of Topliss-reactive ketones (excluding diaryl/α,β-unsaturated/α-hetero) is 1. The Balaban J connectivity index is 1.68. The van der Waals surface area contributed by atoms with Gasteiger partial charge in [-0.1, -0.05) is 11.6 Å². The van der Waals surface area contributed by atoms with Gasteiger partial charge in [-0.2, -0.15) is 0 Å². The van der Waals surface area contributed by atoms with Crippen LogP contribution in [-0.2, 0) is 30.2 Å². The van der Waals surface area contributed by atoms with Crippen LogP contribution >= 0.6 is 11.6 Å². The van der Waals surface area contributed by atoms with E-state index in [0.717, 1.165) is 50.0 Å². The fourth-order valence-electron chi connectivity index (χ4n) is 5.11. The van der Waals surface area contributed by atoms with Gasteiger partial charge in [0.1, 0.15) is 11.3 Å². The summed E-state index contributed by atoms with van der Waals surface area (Å²) in [6.07, 6.45) is 5.44. The minimum atomic E-state index is -0.546. The van der Waals surface area contributed by atoms with Crippen molar-refractivity contribution in [3.8, 4) is 5.75 Å². The number of nitrogens with zero attached hydrogens (tertiary/aromatic N) is 1. The molecule has 7 nitrogen and oxygen atoms in total. The number of esters is 1. The van der Waals surface area contributed by atoms with Crippen LogP contribution in [0.1, 0.15) is 49.8 Å². The van der Waals surface area contributed by atoms with Gasteiger partial charge >= 0.3 is 5.97 Å². The molecule has 3 aliphatic heterocycles. The third kappa shape index (κ3) is 5.20. The normalized spacial score (nSPS) is 22.9. The molecule has 0 amide bonds. The second-order valence-electron chi connectivity index (χ2n) is 8.75. The molecule has 3 aliphatic rings. The van der Waals surface area contributed by atoms with E-state index in [0.29, 0.717) is 29.9 Å². The maximum absolute atomic E-state index is 12.9. The van der Waals surface area contributed by atoms with Crippen LogP contribution in [0.2, 0.25) is 5.02 Å². The quantitative estimate of drug-likeness (QED) is 0.319. The monoisotopic (exact) mass is 477 g/mol. The topological polar surface area (TPSA) is 74.3 Å². The molecule has 8 heteroatoms. The predicted molar refractivity (Wildman–Crippen MR) is 123 cm³/mol. The van der Waals surface area contributed by atoms with Crippen molar-refractivity contribution in [1.82, 2.24) is 4.90 Å². The van der Waals surface area contributed by atoms with Crippen molar-refractivity contribution < 1.29 is 28.5 Å². The summed E-state index contributed by atoms with van der Waals surface area (Å²) in [6.45, 7) is 4.59. The molecular formula is C25H32ClNO6. The van der Waals surface area contributed by atoms with Gasteiger partial charge in [0.15, 0.2) is 5.78 Å². The molecule has 0 bridgehead atoms. The zero-order valence-electron chi connectivity index (χ0n) is 19.3. The number of methoxy groups -OCH3 is 1. The van der Waals surface area contributed by atoms with Crippen LogP contribution in [-0.4, -0.2) is 62.8 Å². The Morgan fingerprint density at radius 2 is 2.00 bits per heavy atom. The van der Waals surface area contributed by atoms with Crippen LogP contribution in [0.25, 0.3) is 0 Å². The van der Waals surface area contributed by atoms with Crippen molar-refractivity contribution in [1.29, 1.82) is 0 Å². The zero-order valence-corrected chi connectivity index (χ0v) is 20.1. The zero-order chi connectivity index (χ0) is 23.4. The Morgan fingerprint density at radius 1 is 1.21 bits per heavy atom. The first kappa shape index (κ1) is 24.0. The first-order valence-electron chi connectivity index (χ1n) is 11.7. The van der Waals surface area contributed by atoms with Gasteiger partial charge in [-0.05, 0) is 55.4 Å². The van der Waals surface area contributed by atoms with Gasteiger partial charge in [0.05, 0.1) is 24.3 Å². The molecule has 0 saturated carbocycles. The largest absolute Gasteiger partial charge is 0.492 e. The Bertz CT molecular complexity index is 910. The number of ether oxygens (including phenoxy) is 4. The third-order valence-electron chi connectivity index (χ3n) is 6.74. The lowest BCUT2D eigenvalue weighted by Crippen LogP contribution is -2.49. The number of ketones is 1. The first-order valence-corrected chi connectivity index (χ1v) is 12.1. The highest BCUT2D eigenvalue weighted by atomic mass is 35.5. The Hall–Kier alpha value is -2.09. The Morgan fingerprint density at radius 3 is 2.73 bits per heavy atom. The molecule has 180 valence electrons. The van der Waals surface area contributed by atoms with Gasteiger partial charge in [0.25, 0.3) is 0 Å². The summed E-state index contributed by atoms with van der Waals surface area (Å²) < 4.78 is 21.8. The van der Waals surface area contributed by atoms with E-state index < -0.39 is 5.97 Å². The maximum Gasteiger partial charge on any atom is 0.343 e. The highest BCUT2D eigenvalue weighted by Crippen LogP contribution is 2.45. The Labute approximate surface area is 199 Å². The van der Waals surface area contributed by atoms with E-state index in [1.165, 1.54) is 0 Å². The number of benzene rings is 1. The summed E-state index contributed by atoms with van der Waals surface area (Å²) in [6, 6.07) is 3.96. The molecule has 1 saturated heterocycles. The van der Waals surface area contributed by atoms with E-state index in [4.69, 9.17) is 30.5 Å². The van der Waals surface area contributed by atoms with Crippen LogP contribution in [0.3, 0.4) is 0 Å². The average molecular weight is 478 g/mol. The number of hydrogen-bond donors (Lipinski definition) is 0. The lowest BCUT2D eigenvalue weighted by Gasteiger charge is -2.48. The van der Waals surface area contributed by atoms with Gasteiger partial charge in [-0.3, -0.25) is 4.79 Å². The van der Waals surface area contributed by atoms with Gasteiger partial charge in [0.2, 0.25) is 0 Å². The molecule has 0 radical (unpaired) electrons. The second-order valence-corrected chi connectivity index (χ2v) is 9.16. The fraction of sp³-hybridized carbons (Fsp3) is 0.600. The van der Waals surface area contributed by atoms with Crippen molar-refractivity contribution >= 4 is 23.4 Å². The van der Waals surface area contributed by atoms with E-state index in [9.17, 15) is 9.59 Å². The van der Waals surface area contributed by atoms with E-state index in [2.05, 4.69) is 4.90 Å². The molecule has 1 aromatic rings. The minimum Gasteiger partial charge on any atom is -0.492 e. The van der Waals surface area contributed by atoms with Crippen molar-refractivity contribution in [3.05, 3.63) is 40.1 Å². The van der Waals surface area contributed by atoms with E-state index in [1.807, 2.05) is 12.1 Å². The van der Waals surface area contributed by atoms with Crippen LogP contribution < -0.4 is 4.74 Å². The summed E-state index contributed by atoms with van der Waals surface area (Å²) in [7, 11) is 1.67. The molecule has 4 rings (SSSR count). The second kappa shape index (κ2) is 10.9. The van der Waals surface area contributed by atoms with E-state index in [1.54, 1.807) is 20.2 Å². The van der Waals surface area contributed by atoms with E-state index >= 15 is 0 Å². The number of carbonyl (C=O) groups is 2. The van der Waals surface area contributed by atoms with Crippen LogP contribution in [0.4, 0.5) is 0 Å². The average Bonchev–Trinajstić information content (AvgIpc) is 2.82. The Kier molecular flexibility index (Phi) is 7.94. The first-order chi connectivity index (χ1) is 16.0. The van der Waals surface area contributed by atoms with Crippen LogP contribution in [0.15, 0.2) is 23.9 Å². The van der Waals surface area contributed by atoms with Crippen molar-refractivity contribution in [2.45, 2.75) is 51.1 Å². The van der Waals surface area contributed by atoms with Crippen LogP contribution in [0, 0.1) is 5.92 Å². The molecule has 0 N–H and O–H groups in total. The maximum atomic E-state index is 12.9. The molecule has 1 aromatic carbocycles. The standard InChI is InChI=1S/C25H32ClNO6/c1-3-32-25(29)19-15-27-21(16-5-9-31-10-6-16)11-17-12-24(33-8-4-7-30-2)20(26)13-18(17)22(27)14-23(19)28/h12-13,15-16,21-22H,3-11,14H2,1-2H3. The molecule has 0 aromatic heterocycles. The van der Waals surface area contributed by atoms with E-state index in [-0.39, 0.29) is 36.5 Å². The SMILES string of the molecule is CCOC(=O)C1=CN2C(CC1=O)c1cc(Cl)c(OCCCOC)cc1CC2C1CCOCC1. The van der Waals surface area contributed by atoms with Crippen molar-refractivity contribution in [2.24, 2.45) is 5.92 Å². The molecule has 3 heterocycles. The number of hydrogen-bond acceptors (Lipinski definition) is 7. The molecule has 0 spiro atoms. The molecule has 1 fully saturated rings. The van der Waals surface area contributed by atoms with Gasteiger partial charge in [-0.25, -0.2) is 4.79 Å². The number of halogens is 1. The summed E-state index contributed by atoms with van der Waals surface area (Å²) in [5.74, 6) is 0.333. The van der Waals surface area contributed by atoms with Gasteiger partial charge in [-0.15, -0.1) is 0 Å². The molecule has 2 unspecified atom stereocenters. The van der Waals surface area contributed by atoms with Crippen molar-refractivity contribution in [3.63, 3.8) is 0 Å². The third-order valence-corrected chi connectivity index (χ3v) is 7.03. The van der Waals surface area contributed by atoms with Gasteiger partial charge in [0, 0.05) is 52.0 Å². The van der Waals surface area contributed by atoms with Gasteiger partial charge < -0.3 is 23.8 Å². The van der Waals surface area contributed by atoms with Crippen LogP contribution in [0.5, 0.6) is 5.75 Å². The number of fused-ring (bicyclic) bond motifs is 3. The smallest absolute Gasteiger partial charge is 0.343 e.